The Labute approximate surface area is 230 Å². The fourth-order valence-electron chi connectivity index (χ4n) is 4.80. The molecule has 37 heavy (non-hydrogen) atoms. The minimum absolute atomic E-state index is 0.156. The first kappa shape index (κ1) is 27.9. The Morgan fingerprint density at radius 1 is 0.919 bits per heavy atom. The Morgan fingerprint density at radius 2 is 1.59 bits per heavy atom. The molecule has 2 heterocycles. The van der Waals surface area contributed by atoms with Crippen molar-refractivity contribution in [2.45, 2.75) is 12.0 Å². The van der Waals surface area contributed by atoms with Gasteiger partial charge in [0.15, 0.2) is 0 Å². The topological polar surface area (TPSA) is 81.2 Å². The summed E-state index contributed by atoms with van der Waals surface area (Å²) in [4.78, 5) is 31.6. The van der Waals surface area contributed by atoms with Crippen LogP contribution in [0.3, 0.4) is 0 Å². The molecule has 2 aromatic rings. The second-order valence-corrected chi connectivity index (χ2v) is 12.4. The van der Waals surface area contributed by atoms with E-state index in [0.717, 1.165) is 17.9 Å². The van der Waals surface area contributed by atoms with Crippen molar-refractivity contribution in [1.82, 2.24) is 19.0 Å². The molecule has 13 heteroatoms. The van der Waals surface area contributed by atoms with Crippen LogP contribution < -0.4 is 0 Å². The van der Waals surface area contributed by atoms with Crippen LogP contribution in [0, 0.1) is 5.82 Å². The van der Waals surface area contributed by atoms with Gasteiger partial charge in [-0.05, 0) is 35.9 Å². The monoisotopic (exact) mass is 590 g/mol. The van der Waals surface area contributed by atoms with E-state index in [1.807, 2.05) is 6.07 Å². The lowest BCUT2D eigenvalue weighted by atomic mass is 9.93. The molecular weight excluding hydrogens is 566 g/mol. The van der Waals surface area contributed by atoms with E-state index in [1.165, 1.54) is 21.3 Å². The lowest BCUT2D eigenvalue weighted by molar-refractivity contribution is 0.0723. The lowest BCUT2D eigenvalue weighted by Crippen LogP contribution is -2.53. The third-order valence-electron chi connectivity index (χ3n) is 6.89. The van der Waals surface area contributed by atoms with Gasteiger partial charge in [0.05, 0.1) is 27.4 Å². The quantitative estimate of drug-likeness (QED) is 0.538. The number of carbonyl (C=O) groups excluding carboxylic acids is 2. The van der Waals surface area contributed by atoms with Crippen molar-refractivity contribution in [2.75, 3.05) is 52.6 Å². The van der Waals surface area contributed by atoms with Crippen LogP contribution >= 0.6 is 34.8 Å². The largest absolute Gasteiger partial charge is 0.336 e. The zero-order valence-corrected chi connectivity index (χ0v) is 23.3. The number of hydrogen-bond donors (Lipinski definition) is 0. The molecule has 0 bridgehead atoms. The number of benzene rings is 2. The number of halogens is 4. The molecule has 0 spiro atoms. The van der Waals surface area contributed by atoms with Gasteiger partial charge in [0, 0.05) is 57.8 Å². The first-order valence-electron chi connectivity index (χ1n) is 11.5. The average molecular weight is 592 g/mol. The highest BCUT2D eigenvalue weighted by molar-refractivity contribution is 7.88. The third-order valence-corrected chi connectivity index (χ3v) is 9.23. The highest BCUT2D eigenvalue weighted by Crippen LogP contribution is 2.35. The predicted molar refractivity (Wildman–Crippen MR) is 141 cm³/mol. The molecule has 0 unspecified atom stereocenters. The van der Waals surface area contributed by atoms with Crippen molar-refractivity contribution in [2.24, 2.45) is 0 Å². The summed E-state index contributed by atoms with van der Waals surface area (Å²) in [7, 11) is -1.69. The summed E-state index contributed by atoms with van der Waals surface area (Å²) in [5.41, 5.74) is 1.04. The highest BCUT2D eigenvalue weighted by atomic mass is 35.5. The summed E-state index contributed by atoms with van der Waals surface area (Å²) >= 11 is 18.3. The molecule has 2 atom stereocenters. The fraction of sp³-hybridized carbons (Fsp3) is 0.417. The summed E-state index contributed by atoms with van der Waals surface area (Å²) in [6.07, 6.45) is 1.15. The van der Waals surface area contributed by atoms with E-state index in [1.54, 1.807) is 29.0 Å². The van der Waals surface area contributed by atoms with Crippen LogP contribution in [0.1, 0.15) is 21.8 Å². The summed E-state index contributed by atoms with van der Waals surface area (Å²) in [5.74, 6) is -1.27. The second-order valence-electron chi connectivity index (χ2n) is 9.23. The number of sulfonamides is 1. The number of amides is 3. The molecule has 2 aliphatic heterocycles. The molecule has 2 fully saturated rings. The average Bonchev–Trinajstić information content (AvgIpc) is 3.31. The Kier molecular flexibility index (Phi) is 8.25. The molecular formula is C24H26Cl3FN4O4S. The van der Waals surface area contributed by atoms with E-state index in [0.29, 0.717) is 16.6 Å². The maximum Gasteiger partial charge on any atom is 0.320 e. The van der Waals surface area contributed by atoms with Crippen molar-refractivity contribution in [3.63, 3.8) is 0 Å². The van der Waals surface area contributed by atoms with Gasteiger partial charge in [0.2, 0.25) is 10.0 Å². The van der Waals surface area contributed by atoms with Gasteiger partial charge in [-0.1, -0.05) is 40.9 Å². The summed E-state index contributed by atoms with van der Waals surface area (Å²) < 4.78 is 38.7. The minimum atomic E-state index is -3.33. The number of likely N-dealkylation sites (tertiary alicyclic amines) is 1. The Hall–Kier alpha value is -2.11. The molecule has 4 rings (SSSR count). The van der Waals surface area contributed by atoms with Gasteiger partial charge in [-0.25, -0.2) is 17.6 Å². The predicted octanol–water partition coefficient (Wildman–Crippen LogP) is 4.02. The van der Waals surface area contributed by atoms with Crippen LogP contribution in [0.2, 0.25) is 15.1 Å². The summed E-state index contributed by atoms with van der Waals surface area (Å²) in [6, 6.07) is 8.36. The van der Waals surface area contributed by atoms with Gasteiger partial charge in [-0.3, -0.25) is 4.79 Å². The maximum absolute atomic E-state index is 13.7. The molecule has 2 saturated heterocycles. The molecule has 0 N–H and O–H groups in total. The Morgan fingerprint density at radius 3 is 2.19 bits per heavy atom. The van der Waals surface area contributed by atoms with E-state index in [4.69, 9.17) is 34.8 Å². The van der Waals surface area contributed by atoms with Gasteiger partial charge in [-0.15, -0.1) is 0 Å². The number of likely N-dealkylation sites (N-methyl/N-ethyl adjacent to an activating group) is 1. The van der Waals surface area contributed by atoms with E-state index >= 15 is 0 Å². The van der Waals surface area contributed by atoms with Crippen LogP contribution in [0.5, 0.6) is 0 Å². The molecule has 0 aliphatic carbocycles. The second kappa shape index (κ2) is 10.9. The molecule has 0 aromatic heterocycles. The standard InChI is InChI=1S/C24H26Cl3FN4O4S/c1-29(23(33)16-4-6-21(28)20(27)12-16)22-14-31(13-17(22)15-3-5-18(25)19(26)11-15)24(34)30-7-9-32(10-8-30)37(2,35)36/h3-6,11-12,17,22H,7-10,13-14H2,1-2H3/t17-,22+/m0/s1. The van der Waals surface area contributed by atoms with Crippen LogP contribution in [0.15, 0.2) is 36.4 Å². The zero-order chi connectivity index (χ0) is 27.1. The van der Waals surface area contributed by atoms with E-state index in [-0.39, 0.29) is 61.2 Å². The van der Waals surface area contributed by atoms with Crippen molar-refractivity contribution >= 4 is 56.8 Å². The third kappa shape index (κ3) is 5.98. The number of carbonyl (C=O) groups is 2. The molecule has 0 saturated carbocycles. The van der Waals surface area contributed by atoms with Crippen molar-refractivity contribution in [3.05, 3.63) is 68.4 Å². The number of hydrogen-bond acceptors (Lipinski definition) is 4. The Bertz CT molecular complexity index is 1320. The molecule has 8 nitrogen and oxygen atoms in total. The van der Waals surface area contributed by atoms with E-state index < -0.39 is 21.9 Å². The first-order valence-corrected chi connectivity index (χ1v) is 14.5. The molecule has 200 valence electrons. The van der Waals surface area contributed by atoms with E-state index in [9.17, 15) is 22.4 Å². The van der Waals surface area contributed by atoms with Crippen molar-refractivity contribution < 1.29 is 22.4 Å². The SMILES string of the molecule is CN(C(=O)c1ccc(F)c(Cl)c1)[C@@H]1CN(C(=O)N2CCN(S(C)(=O)=O)CC2)C[C@H]1c1ccc(Cl)c(Cl)c1. The van der Waals surface area contributed by atoms with Gasteiger partial charge in [-0.2, -0.15) is 4.31 Å². The lowest BCUT2D eigenvalue weighted by Gasteiger charge is -2.35. The normalized spacial score (nSPS) is 20.8. The smallest absolute Gasteiger partial charge is 0.320 e. The number of urea groups is 1. The highest BCUT2D eigenvalue weighted by Gasteiger charge is 2.42. The van der Waals surface area contributed by atoms with Crippen LogP contribution in [-0.2, 0) is 10.0 Å². The van der Waals surface area contributed by atoms with Crippen LogP contribution in [-0.4, -0.2) is 98.0 Å². The van der Waals surface area contributed by atoms with Crippen molar-refractivity contribution in [3.8, 4) is 0 Å². The molecule has 0 radical (unpaired) electrons. The van der Waals surface area contributed by atoms with Crippen LogP contribution in [0.4, 0.5) is 9.18 Å². The summed E-state index contributed by atoms with van der Waals surface area (Å²) in [6.45, 7) is 1.55. The number of rotatable bonds is 4. The minimum Gasteiger partial charge on any atom is -0.336 e. The molecule has 3 amide bonds. The Balaban J connectivity index is 1.58. The van der Waals surface area contributed by atoms with Crippen LogP contribution in [0.25, 0.3) is 0 Å². The number of piperazine rings is 1. The number of nitrogens with zero attached hydrogens (tertiary/aromatic N) is 4. The van der Waals surface area contributed by atoms with Gasteiger partial charge in [0.1, 0.15) is 5.82 Å². The van der Waals surface area contributed by atoms with Gasteiger partial charge >= 0.3 is 6.03 Å². The fourth-order valence-corrected chi connectivity index (χ4v) is 6.11. The summed E-state index contributed by atoms with van der Waals surface area (Å²) in [5, 5.41) is 0.595. The molecule has 2 aliphatic rings. The zero-order valence-electron chi connectivity index (χ0n) is 20.2. The van der Waals surface area contributed by atoms with Gasteiger partial charge in [0.25, 0.3) is 5.91 Å². The van der Waals surface area contributed by atoms with Gasteiger partial charge < -0.3 is 14.7 Å². The van der Waals surface area contributed by atoms with Crippen molar-refractivity contribution in [1.29, 1.82) is 0 Å². The maximum atomic E-state index is 13.7. The molecule has 2 aromatic carbocycles. The first-order chi connectivity index (χ1) is 17.4. The van der Waals surface area contributed by atoms with E-state index in [2.05, 4.69) is 0 Å².